The van der Waals surface area contributed by atoms with Gasteiger partial charge in [0.05, 0.1) is 10.9 Å². The first-order valence-corrected chi connectivity index (χ1v) is 8.75. The standard InChI is InChI=1S/C19H18N6O3/c1-11(12-7-5-3-4-6-8-12)28-18-13-9-15(22-23-16(13)25(2)24-18)14-10-20-19(27)21-17(14)26/h3-5,7-11H,6H2,1-2H3,(H2,20,21,26,27). The molecule has 3 aromatic heterocycles. The van der Waals surface area contributed by atoms with E-state index in [0.717, 1.165) is 12.0 Å². The van der Waals surface area contributed by atoms with Crippen molar-refractivity contribution in [2.24, 2.45) is 7.05 Å². The van der Waals surface area contributed by atoms with Gasteiger partial charge in [-0.25, -0.2) is 9.48 Å². The molecule has 9 heteroatoms. The highest BCUT2D eigenvalue weighted by molar-refractivity contribution is 5.84. The SMILES string of the molecule is CC(Oc1nn(C)c2nnc(-c3c[nH]c(=O)[nH]c3=O)cc12)C1=CCC=CC=C1. The fraction of sp³-hybridized carbons (Fsp3) is 0.211. The lowest BCUT2D eigenvalue weighted by Crippen LogP contribution is -2.22. The average molecular weight is 378 g/mol. The van der Waals surface area contributed by atoms with E-state index in [1.165, 1.54) is 6.20 Å². The van der Waals surface area contributed by atoms with Gasteiger partial charge >= 0.3 is 5.69 Å². The maximum Gasteiger partial charge on any atom is 0.325 e. The molecule has 4 rings (SSSR count). The molecule has 0 fully saturated rings. The van der Waals surface area contributed by atoms with Crippen LogP contribution in [-0.4, -0.2) is 36.0 Å². The third-order valence-electron chi connectivity index (χ3n) is 4.43. The fourth-order valence-electron chi connectivity index (χ4n) is 2.97. The minimum atomic E-state index is -0.582. The molecular formula is C19H18N6O3. The van der Waals surface area contributed by atoms with E-state index >= 15 is 0 Å². The monoisotopic (exact) mass is 378 g/mol. The van der Waals surface area contributed by atoms with Gasteiger partial charge in [-0.05, 0) is 25.0 Å². The molecule has 0 amide bonds. The van der Waals surface area contributed by atoms with Crippen LogP contribution in [0.2, 0.25) is 0 Å². The van der Waals surface area contributed by atoms with E-state index in [1.807, 2.05) is 25.2 Å². The Bertz CT molecular complexity index is 1240. The second-order valence-electron chi connectivity index (χ2n) is 6.37. The smallest absolute Gasteiger partial charge is 0.325 e. The minimum absolute atomic E-state index is 0.206. The number of hydrogen-bond acceptors (Lipinski definition) is 6. The van der Waals surface area contributed by atoms with Gasteiger partial charge < -0.3 is 9.72 Å². The summed E-state index contributed by atoms with van der Waals surface area (Å²) in [4.78, 5) is 27.9. The zero-order valence-electron chi connectivity index (χ0n) is 15.3. The zero-order chi connectivity index (χ0) is 19.7. The van der Waals surface area contributed by atoms with Gasteiger partial charge in [-0.2, -0.15) is 0 Å². The van der Waals surface area contributed by atoms with Crippen LogP contribution in [-0.2, 0) is 7.05 Å². The lowest BCUT2D eigenvalue weighted by atomic mass is 10.1. The Hall–Kier alpha value is -3.75. The molecule has 0 aromatic carbocycles. The van der Waals surface area contributed by atoms with E-state index in [-0.39, 0.29) is 11.7 Å². The second kappa shape index (κ2) is 7.10. The number of ether oxygens (including phenoxy) is 1. The van der Waals surface area contributed by atoms with E-state index in [1.54, 1.807) is 17.8 Å². The van der Waals surface area contributed by atoms with Crippen LogP contribution in [0.3, 0.4) is 0 Å². The molecule has 0 saturated carbocycles. The summed E-state index contributed by atoms with van der Waals surface area (Å²) >= 11 is 0. The first-order valence-electron chi connectivity index (χ1n) is 8.75. The van der Waals surface area contributed by atoms with Crippen molar-refractivity contribution in [3.05, 3.63) is 69.1 Å². The van der Waals surface area contributed by atoms with E-state index in [4.69, 9.17) is 4.74 Å². The van der Waals surface area contributed by atoms with E-state index in [2.05, 4.69) is 37.4 Å². The van der Waals surface area contributed by atoms with Gasteiger partial charge in [0.1, 0.15) is 11.8 Å². The lowest BCUT2D eigenvalue weighted by Gasteiger charge is -2.14. The third-order valence-corrected chi connectivity index (χ3v) is 4.43. The molecule has 0 saturated heterocycles. The molecule has 0 bridgehead atoms. The van der Waals surface area contributed by atoms with Crippen LogP contribution in [0.25, 0.3) is 22.3 Å². The zero-order valence-corrected chi connectivity index (χ0v) is 15.3. The molecule has 1 atom stereocenters. The van der Waals surface area contributed by atoms with Crippen molar-refractivity contribution in [2.75, 3.05) is 0 Å². The normalized spacial score (nSPS) is 14.7. The van der Waals surface area contributed by atoms with Crippen LogP contribution in [0, 0.1) is 0 Å². The first kappa shape index (κ1) is 17.7. The van der Waals surface area contributed by atoms with Crippen molar-refractivity contribution in [1.29, 1.82) is 0 Å². The van der Waals surface area contributed by atoms with Crippen molar-refractivity contribution in [2.45, 2.75) is 19.4 Å². The van der Waals surface area contributed by atoms with Gasteiger partial charge in [0.25, 0.3) is 5.56 Å². The Labute approximate surface area is 159 Å². The van der Waals surface area contributed by atoms with Gasteiger partial charge in [-0.1, -0.05) is 30.4 Å². The maximum absolute atomic E-state index is 12.1. The quantitative estimate of drug-likeness (QED) is 0.712. The molecule has 3 heterocycles. The number of aryl methyl sites for hydroxylation is 1. The molecule has 0 aliphatic heterocycles. The van der Waals surface area contributed by atoms with Gasteiger partial charge in [-0.3, -0.25) is 9.78 Å². The molecule has 0 spiro atoms. The largest absolute Gasteiger partial charge is 0.468 e. The number of rotatable bonds is 4. The summed E-state index contributed by atoms with van der Waals surface area (Å²) in [6.45, 7) is 1.95. The Morgan fingerprint density at radius 1 is 1.25 bits per heavy atom. The Balaban J connectivity index is 1.74. The average Bonchev–Trinajstić information content (AvgIpc) is 2.86. The second-order valence-corrected chi connectivity index (χ2v) is 6.37. The number of aromatic nitrogens is 6. The number of hydrogen-bond donors (Lipinski definition) is 2. The van der Waals surface area contributed by atoms with Crippen LogP contribution >= 0.6 is 0 Å². The van der Waals surface area contributed by atoms with Crippen molar-refractivity contribution in [3.63, 3.8) is 0 Å². The highest BCUT2D eigenvalue weighted by Gasteiger charge is 2.18. The van der Waals surface area contributed by atoms with Crippen LogP contribution < -0.4 is 16.0 Å². The predicted molar refractivity (Wildman–Crippen MR) is 104 cm³/mol. The number of nitrogens with zero attached hydrogens (tertiary/aromatic N) is 4. The predicted octanol–water partition coefficient (Wildman–Crippen LogP) is 1.62. The molecule has 1 unspecified atom stereocenters. The molecule has 142 valence electrons. The number of allylic oxidation sites excluding steroid dienone is 4. The Morgan fingerprint density at radius 2 is 2.11 bits per heavy atom. The third kappa shape index (κ3) is 3.29. The van der Waals surface area contributed by atoms with Crippen LogP contribution in [0.15, 0.2) is 57.8 Å². The van der Waals surface area contributed by atoms with Gasteiger partial charge in [-0.15, -0.1) is 15.3 Å². The summed E-state index contributed by atoms with van der Waals surface area (Å²) in [6.07, 6.45) is 12.1. The van der Waals surface area contributed by atoms with Gasteiger partial charge in [0.2, 0.25) is 5.88 Å². The summed E-state index contributed by atoms with van der Waals surface area (Å²) in [7, 11) is 1.75. The van der Waals surface area contributed by atoms with Crippen molar-refractivity contribution in [1.82, 2.24) is 29.9 Å². The maximum atomic E-state index is 12.1. The van der Waals surface area contributed by atoms with Gasteiger partial charge in [0, 0.05) is 13.2 Å². The molecule has 9 nitrogen and oxygen atoms in total. The minimum Gasteiger partial charge on any atom is -0.468 e. The molecule has 2 N–H and O–H groups in total. The van der Waals surface area contributed by atoms with E-state index in [0.29, 0.717) is 22.6 Å². The number of fused-ring (bicyclic) bond motifs is 1. The van der Waals surface area contributed by atoms with Crippen molar-refractivity contribution in [3.8, 4) is 17.1 Å². The van der Waals surface area contributed by atoms with Crippen molar-refractivity contribution < 1.29 is 4.74 Å². The van der Waals surface area contributed by atoms with E-state index in [9.17, 15) is 9.59 Å². The molecule has 1 aliphatic rings. The molecule has 28 heavy (non-hydrogen) atoms. The van der Waals surface area contributed by atoms with Gasteiger partial charge in [0.15, 0.2) is 5.65 Å². The van der Waals surface area contributed by atoms with Crippen LogP contribution in [0.5, 0.6) is 5.88 Å². The molecule has 1 aliphatic carbocycles. The van der Waals surface area contributed by atoms with Crippen LogP contribution in [0.1, 0.15) is 13.3 Å². The van der Waals surface area contributed by atoms with Crippen molar-refractivity contribution >= 4 is 11.0 Å². The summed E-state index contributed by atoms with van der Waals surface area (Å²) in [5.41, 5.74) is 0.965. The molecule has 3 aromatic rings. The summed E-state index contributed by atoms with van der Waals surface area (Å²) in [5, 5.41) is 13.3. The number of H-pyrrole nitrogens is 2. The summed E-state index contributed by atoms with van der Waals surface area (Å²) in [6, 6.07) is 1.68. The topological polar surface area (TPSA) is 119 Å². The number of aromatic amines is 2. The highest BCUT2D eigenvalue weighted by atomic mass is 16.5. The Kier molecular flexibility index (Phi) is 4.48. The lowest BCUT2D eigenvalue weighted by molar-refractivity contribution is 0.251. The highest BCUT2D eigenvalue weighted by Crippen LogP contribution is 2.27. The molecular weight excluding hydrogens is 360 g/mol. The molecule has 0 radical (unpaired) electrons. The fourth-order valence-corrected chi connectivity index (χ4v) is 2.97. The number of nitrogens with one attached hydrogen (secondary N) is 2. The van der Waals surface area contributed by atoms with Crippen LogP contribution in [0.4, 0.5) is 0 Å². The first-order chi connectivity index (χ1) is 13.5. The summed E-state index contributed by atoms with van der Waals surface area (Å²) < 4.78 is 7.67. The summed E-state index contributed by atoms with van der Waals surface area (Å²) in [5.74, 6) is 0.397. The Morgan fingerprint density at radius 3 is 2.93 bits per heavy atom. The van der Waals surface area contributed by atoms with E-state index < -0.39 is 11.2 Å².